The Morgan fingerprint density at radius 2 is 0.765 bits per heavy atom. The van der Waals surface area contributed by atoms with E-state index >= 15 is 0 Å². The molecule has 0 aromatic carbocycles. The van der Waals surface area contributed by atoms with Crippen LogP contribution in [0, 0.1) is 0 Å². The van der Waals surface area contributed by atoms with Crippen molar-refractivity contribution in [1.29, 1.82) is 0 Å². The SMILES string of the molecule is FC(F)(F)C(Cl)OCCC(F)(F)C(F)(F)C(F)(F)C(F)(F)C(F)(F)C(F)(F)C(F)(F)C(F)(F)F. The average Bonchev–Trinajstić information content (AvgIpc) is 2.58. The molecule has 0 aromatic rings. The van der Waals surface area contributed by atoms with Crippen LogP contribution in [0.25, 0.3) is 0 Å². The van der Waals surface area contributed by atoms with Crippen molar-refractivity contribution in [3.05, 3.63) is 0 Å². The van der Waals surface area contributed by atoms with Crippen molar-refractivity contribution in [3.8, 4) is 0 Å². The van der Waals surface area contributed by atoms with Gasteiger partial charge in [-0.15, -0.1) is 0 Å². The molecule has 0 radical (unpaired) electrons. The third kappa shape index (κ3) is 4.91. The lowest BCUT2D eigenvalue weighted by atomic mass is 9.88. The quantitative estimate of drug-likeness (QED) is 0.192. The fourth-order valence-electron chi connectivity index (χ4n) is 1.74. The molecule has 0 N–H and O–H groups in total. The Labute approximate surface area is 177 Å². The summed E-state index contributed by atoms with van der Waals surface area (Å²) in [6.07, 6.45) is -16.6. The first-order valence-electron chi connectivity index (χ1n) is 7.41. The molecule has 0 saturated heterocycles. The number of ether oxygens (including phenoxy) is 1. The minimum Gasteiger partial charge on any atom is -0.354 e. The Kier molecular flexibility index (Phi) is 8.46. The maximum atomic E-state index is 13.4. The van der Waals surface area contributed by atoms with Gasteiger partial charge in [0.15, 0.2) is 0 Å². The molecular weight excluding hydrogens is 576 g/mol. The van der Waals surface area contributed by atoms with Crippen LogP contribution in [0.15, 0.2) is 0 Å². The highest BCUT2D eigenvalue weighted by Crippen LogP contribution is 2.64. The molecule has 22 heteroatoms. The van der Waals surface area contributed by atoms with Gasteiger partial charge in [-0.05, 0) is 0 Å². The van der Waals surface area contributed by atoms with Gasteiger partial charge in [0.05, 0.1) is 6.61 Å². The Hall–Kier alpha value is -1.15. The summed E-state index contributed by atoms with van der Waals surface area (Å²) >= 11 is 4.36. The van der Waals surface area contributed by atoms with E-state index in [9.17, 15) is 87.8 Å². The van der Waals surface area contributed by atoms with Gasteiger partial charge >= 0.3 is 53.8 Å². The maximum Gasteiger partial charge on any atom is 0.460 e. The number of halogens is 21. The monoisotopic (exact) mass is 580 g/mol. The highest BCUT2D eigenvalue weighted by Gasteiger charge is 2.95. The molecule has 0 rings (SSSR count). The lowest BCUT2D eigenvalue weighted by molar-refractivity contribution is -0.462. The van der Waals surface area contributed by atoms with E-state index in [0.29, 0.717) is 0 Å². The van der Waals surface area contributed by atoms with Crippen LogP contribution < -0.4 is 0 Å². The molecule has 1 unspecified atom stereocenters. The Balaban J connectivity index is 6.30. The lowest BCUT2D eigenvalue weighted by Gasteiger charge is -2.42. The van der Waals surface area contributed by atoms with E-state index in [1.807, 2.05) is 0 Å². The maximum absolute atomic E-state index is 13.4. The number of hydrogen-bond acceptors (Lipinski definition) is 1. The van der Waals surface area contributed by atoms with E-state index in [2.05, 4.69) is 16.3 Å². The van der Waals surface area contributed by atoms with E-state index in [1.54, 1.807) is 0 Å². The lowest BCUT2D eigenvalue weighted by Crippen LogP contribution is -2.74. The van der Waals surface area contributed by atoms with Crippen LogP contribution in [-0.4, -0.2) is 66.0 Å². The van der Waals surface area contributed by atoms with Gasteiger partial charge in [-0.1, -0.05) is 11.6 Å². The highest BCUT2D eigenvalue weighted by molar-refractivity contribution is 6.20. The van der Waals surface area contributed by atoms with E-state index in [0.717, 1.165) is 0 Å². The molecule has 0 saturated carbocycles. The number of rotatable bonds is 10. The molecule has 0 fully saturated rings. The van der Waals surface area contributed by atoms with E-state index in [1.165, 1.54) is 0 Å². The van der Waals surface area contributed by atoms with Crippen LogP contribution in [0.3, 0.4) is 0 Å². The Bertz CT molecular complexity index is 705. The summed E-state index contributed by atoms with van der Waals surface area (Å²) in [5.74, 6) is -57.8. The second-order valence-corrected chi connectivity index (χ2v) is 6.52. The number of alkyl halides is 21. The van der Waals surface area contributed by atoms with Crippen LogP contribution in [-0.2, 0) is 4.74 Å². The van der Waals surface area contributed by atoms with Crippen LogP contribution in [0.1, 0.15) is 6.42 Å². The second-order valence-electron chi connectivity index (χ2n) is 6.13. The fourth-order valence-corrected chi connectivity index (χ4v) is 1.83. The molecule has 0 amide bonds. The van der Waals surface area contributed by atoms with Gasteiger partial charge in [-0.3, -0.25) is 0 Å². The third-order valence-electron chi connectivity index (χ3n) is 3.72. The van der Waals surface area contributed by atoms with E-state index < -0.39 is 72.4 Å². The summed E-state index contributed by atoms with van der Waals surface area (Å²) < 4.78 is 259. The van der Waals surface area contributed by atoms with Gasteiger partial charge in [0.2, 0.25) is 5.56 Å². The first-order chi connectivity index (χ1) is 14.4. The van der Waals surface area contributed by atoms with Gasteiger partial charge in [-0.25, -0.2) is 0 Å². The first kappa shape index (κ1) is 32.9. The standard InChI is InChI=1S/C12H5ClF20O/c13-3(5(16,17)18)34-2-1-4(14,15)6(19,20)7(21,22)8(23,24)9(25,26)10(27,28)11(29,30)12(31,32)33/h3H,1-2H2. The summed E-state index contributed by atoms with van der Waals surface area (Å²) in [5, 5.41) is 0. The zero-order chi connectivity index (χ0) is 28.2. The molecule has 206 valence electrons. The first-order valence-corrected chi connectivity index (χ1v) is 7.85. The van der Waals surface area contributed by atoms with E-state index in [4.69, 9.17) is 0 Å². The van der Waals surface area contributed by atoms with Crippen molar-refractivity contribution >= 4 is 11.6 Å². The largest absolute Gasteiger partial charge is 0.460 e. The molecular formula is C12H5ClF20O. The average molecular weight is 581 g/mol. The smallest absolute Gasteiger partial charge is 0.354 e. The molecule has 0 aliphatic rings. The van der Waals surface area contributed by atoms with E-state index in [-0.39, 0.29) is 0 Å². The van der Waals surface area contributed by atoms with Crippen LogP contribution in [0.2, 0.25) is 0 Å². The topological polar surface area (TPSA) is 9.23 Å². The van der Waals surface area contributed by atoms with Gasteiger partial charge < -0.3 is 4.74 Å². The molecule has 0 heterocycles. The molecule has 0 aromatic heterocycles. The summed E-state index contributed by atoms with van der Waals surface area (Å²) in [4.78, 5) is 0. The van der Waals surface area contributed by atoms with Crippen molar-refractivity contribution in [2.75, 3.05) is 6.61 Å². The second kappa shape index (κ2) is 8.75. The molecule has 34 heavy (non-hydrogen) atoms. The highest BCUT2D eigenvalue weighted by atomic mass is 35.5. The van der Waals surface area contributed by atoms with Crippen molar-refractivity contribution in [3.63, 3.8) is 0 Å². The molecule has 0 aliphatic carbocycles. The minimum absolute atomic E-state index is 2.45. The van der Waals surface area contributed by atoms with Crippen LogP contribution >= 0.6 is 11.6 Å². The van der Waals surface area contributed by atoms with Crippen molar-refractivity contribution in [1.82, 2.24) is 0 Å². The molecule has 1 atom stereocenters. The fraction of sp³-hybridized carbons (Fsp3) is 1.00. The summed E-state index contributed by atoms with van der Waals surface area (Å²) in [6.45, 7) is -2.45. The predicted molar refractivity (Wildman–Crippen MR) is 66.9 cm³/mol. The van der Waals surface area contributed by atoms with Gasteiger partial charge in [0, 0.05) is 6.42 Å². The summed E-state index contributed by atoms with van der Waals surface area (Å²) in [7, 11) is 0. The number of hydrogen-bond donors (Lipinski definition) is 0. The Morgan fingerprint density at radius 3 is 1.06 bits per heavy atom. The molecule has 0 aliphatic heterocycles. The van der Waals surface area contributed by atoms with Crippen LogP contribution in [0.4, 0.5) is 87.8 Å². The Morgan fingerprint density at radius 1 is 0.471 bits per heavy atom. The summed E-state index contributed by atoms with van der Waals surface area (Å²) in [6, 6.07) is 0. The zero-order valence-corrected chi connectivity index (χ0v) is 15.6. The molecule has 0 bridgehead atoms. The van der Waals surface area contributed by atoms with Crippen molar-refractivity contribution < 1.29 is 92.5 Å². The van der Waals surface area contributed by atoms with Crippen molar-refractivity contribution in [2.24, 2.45) is 0 Å². The minimum atomic E-state index is -8.78. The third-order valence-corrected chi connectivity index (χ3v) is 4.10. The molecule has 1 nitrogen and oxygen atoms in total. The zero-order valence-electron chi connectivity index (χ0n) is 14.8. The normalized spacial score (nSPS) is 17.2. The van der Waals surface area contributed by atoms with Crippen LogP contribution in [0.5, 0.6) is 0 Å². The molecule has 0 spiro atoms. The summed E-state index contributed by atoms with van der Waals surface area (Å²) in [5.41, 5.74) is -3.59. The van der Waals surface area contributed by atoms with Gasteiger partial charge in [-0.2, -0.15) is 87.8 Å². The van der Waals surface area contributed by atoms with Gasteiger partial charge in [0.1, 0.15) is 0 Å². The predicted octanol–water partition coefficient (Wildman–Crippen LogP) is 7.53. The van der Waals surface area contributed by atoms with Gasteiger partial charge in [0.25, 0.3) is 0 Å². The van der Waals surface area contributed by atoms with Crippen molar-refractivity contribution in [2.45, 2.75) is 65.8 Å².